The fraction of sp³-hybridized carbons (Fsp3) is 0.154. The maximum Gasteiger partial charge on any atom is 0.0640 e. The topological polar surface area (TPSA) is 24.9 Å². The van der Waals surface area contributed by atoms with Crippen LogP contribution in [0.3, 0.4) is 0 Å². The molecule has 1 heterocycles. The van der Waals surface area contributed by atoms with Crippen molar-refractivity contribution in [1.29, 1.82) is 0 Å². The molecule has 0 radical (unpaired) electrons. The zero-order valence-corrected chi connectivity index (χ0v) is 11.9. The highest BCUT2D eigenvalue weighted by Gasteiger charge is 2.18. The first-order valence-electron chi connectivity index (χ1n) is 5.35. The molecule has 0 fully saturated rings. The molecular formula is C13H11Cl3N2. The summed E-state index contributed by atoms with van der Waals surface area (Å²) in [7, 11) is 1.85. The zero-order chi connectivity index (χ0) is 13.1. The second kappa shape index (κ2) is 5.89. The monoisotopic (exact) mass is 300 g/mol. The largest absolute Gasteiger partial charge is 0.309 e. The average Bonchev–Trinajstić information content (AvgIpc) is 2.36. The third-order valence-electron chi connectivity index (χ3n) is 2.67. The standard InChI is InChI=1S/C13H11Cl3N2/c1-17-13(9-4-5-18-7-12(9)16)10-6-8(14)2-3-11(10)15/h2-7,13,17H,1H3. The number of nitrogens with one attached hydrogen (secondary N) is 1. The van der Waals surface area contributed by atoms with Crippen LogP contribution < -0.4 is 5.32 Å². The fourth-order valence-corrected chi connectivity index (χ4v) is 2.47. The Labute approximate surface area is 121 Å². The average molecular weight is 302 g/mol. The minimum atomic E-state index is -0.119. The van der Waals surface area contributed by atoms with E-state index in [9.17, 15) is 0 Å². The Morgan fingerprint density at radius 3 is 2.50 bits per heavy atom. The van der Waals surface area contributed by atoms with E-state index < -0.39 is 0 Å². The van der Waals surface area contributed by atoms with Gasteiger partial charge in [0.25, 0.3) is 0 Å². The number of nitrogens with zero attached hydrogens (tertiary/aromatic N) is 1. The van der Waals surface area contributed by atoms with Crippen molar-refractivity contribution < 1.29 is 0 Å². The molecule has 1 atom stereocenters. The van der Waals surface area contributed by atoms with E-state index in [2.05, 4.69) is 10.3 Å². The van der Waals surface area contributed by atoms with Crippen LogP contribution in [-0.4, -0.2) is 12.0 Å². The van der Waals surface area contributed by atoms with Gasteiger partial charge in [0, 0.05) is 22.4 Å². The molecule has 0 aliphatic carbocycles. The molecule has 0 saturated heterocycles. The summed E-state index contributed by atoms with van der Waals surface area (Å²) in [6, 6.07) is 7.11. The van der Waals surface area contributed by atoms with Crippen molar-refractivity contribution in [3.05, 3.63) is 62.9 Å². The van der Waals surface area contributed by atoms with Gasteiger partial charge in [0.05, 0.1) is 11.1 Å². The highest BCUT2D eigenvalue weighted by atomic mass is 35.5. The number of benzene rings is 1. The minimum Gasteiger partial charge on any atom is -0.309 e. The van der Waals surface area contributed by atoms with Crippen molar-refractivity contribution in [2.45, 2.75) is 6.04 Å². The Balaban J connectivity index is 2.52. The molecule has 1 unspecified atom stereocenters. The zero-order valence-electron chi connectivity index (χ0n) is 9.62. The predicted octanol–water partition coefficient (Wildman–Crippen LogP) is 4.35. The third kappa shape index (κ3) is 2.78. The summed E-state index contributed by atoms with van der Waals surface area (Å²) in [5, 5.41) is 5.06. The van der Waals surface area contributed by atoms with Crippen LogP contribution in [0.25, 0.3) is 0 Å². The quantitative estimate of drug-likeness (QED) is 0.911. The highest BCUT2D eigenvalue weighted by Crippen LogP contribution is 2.33. The Hall–Kier alpha value is -0.800. The Morgan fingerprint density at radius 1 is 1.06 bits per heavy atom. The van der Waals surface area contributed by atoms with E-state index in [-0.39, 0.29) is 6.04 Å². The molecule has 1 aromatic carbocycles. The molecule has 18 heavy (non-hydrogen) atoms. The smallest absolute Gasteiger partial charge is 0.0640 e. The van der Waals surface area contributed by atoms with Crippen LogP contribution in [0.2, 0.25) is 15.1 Å². The lowest BCUT2D eigenvalue weighted by molar-refractivity contribution is 0.691. The Morgan fingerprint density at radius 2 is 1.83 bits per heavy atom. The number of halogens is 3. The van der Waals surface area contributed by atoms with Gasteiger partial charge in [-0.1, -0.05) is 34.8 Å². The van der Waals surface area contributed by atoms with Crippen molar-refractivity contribution in [3.8, 4) is 0 Å². The summed E-state index contributed by atoms with van der Waals surface area (Å²) in [4.78, 5) is 3.98. The molecule has 0 spiro atoms. The van der Waals surface area contributed by atoms with Crippen LogP contribution in [0.5, 0.6) is 0 Å². The van der Waals surface area contributed by atoms with Crippen molar-refractivity contribution in [2.24, 2.45) is 0 Å². The second-order valence-corrected chi connectivity index (χ2v) is 5.04. The summed E-state index contributed by atoms with van der Waals surface area (Å²) in [5.41, 5.74) is 1.80. The van der Waals surface area contributed by atoms with Gasteiger partial charge in [0.1, 0.15) is 0 Å². The first kappa shape index (κ1) is 13.6. The molecule has 5 heteroatoms. The van der Waals surface area contributed by atoms with Gasteiger partial charge in [-0.05, 0) is 42.4 Å². The maximum atomic E-state index is 6.21. The molecule has 2 nitrogen and oxygen atoms in total. The predicted molar refractivity (Wildman–Crippen MR) is 76.6 cm³/mol. The van der Waals surface area contributed by atoms with Crippen LogP contribution in [0.1, 0.15) is 17.2 Å². The molecule has 0 saturated carbocycles. The number of rotatable bonds is 3. The van der Waals surface area contributed by atoms with E-state index in [0.717, 1.165) is 11.1 Å². The molecular weight excluding hydrogens is 291 g/mol. The molecule has 0 aliphatic rings. The molecule has 1 N–H and O–H groups in total. The van der Waals surface area contributed by atoms with E-state index in [0.29, 0.717) is 15.1 Å². The van der Waals surface area contributed by atoms with E-state index in [1.54, 1.807) is 24.5 Å². The summed E-state index contributed by atoms with van der Waals surface area (Å²) in [6.07, 6.45) is 3.31. The van der Waals surface area contributed by atoms with Gasteiger partial charge in [-0.2, -0.15) is 0 Å². The summed E-state index contributed by atoms with van der Waals surface area (Å²) in [6.45, 7) is 0. The minimum absolute atomic E-state index is 0.119. The normalized spacial score (nSPS) is 12.4. The summed E-state index contributed by atoms with van der Waals surface area (Å²) >= 11 is 18.4. The van der Waals surface area contributed by atoms with E-state index in [1.807, 2.05) is 19.2 Å². The van der Waals surface area contributed by atoms with Gasteiger partial charge in [-0.25, -0.2) is 0 Å². The van der Waals surface area contributed by atoms with Crippen LogP contribution in [0.15, 0.2) is 36.7 Å². The van der Waals surface area contributed by atoms with E-state index >= 15 is 0 Å². The van der Waals surface area contributed by atoms with E-state index in [1.165, 1.54) is 0 Å². The summed E-state index contributed by atoms with van der Waals surface area (Å²) in [5.74, 6) is 0. The molecule has 94 valence electrons. The van der Waals surface area contributed by atoms with Gasteiger partial charge in [-0.15, -0.1) is 0 Å². The van der Waals surface area contributed by atoms with Crippen molar-refractivity contribution in [3.63, 3.8) is 0 Å². The lowest BCUT2D eigenvalue weighted by Crippen LogP contribution is -2.18. The molecule has 2 rings (SSSR count). The molecule has 0 bridgehead atoms. The third-order valence-corrected chi connectivity index (χ3v) is 3.57. The van der Waals surface area contributed by atoms with Crippen molar-refractivity contribution in [2.75, 3.05) is 7.05 Å². The lowest BCUT2D eigenvalue weighted by Gasteiger charge is -2.19. The van der Waals surface area contributed by atoms with Crippen molar-refractivity contribution >= 4 is 34.8 Å². The van der Waals surface area contributed by atoms with Crippen molar-refractivity contribution in [1.82, 2.24) is 10.3 Å². The summed E-state index contributed by atoms with van der Waals surface area (Å²) < 4.78 is 0. The second-order valence-electron chi connectivity index (χ2n) is 3.78. The van der Waals surface area contributed by atoms with E-state index in [4.69, 9.17) is 34.8 Å². The van der Waals surface area contributed by atoms with Gasteiger partial charge in [0.2, 0.25) is 0 Å². The highest BCUT2D eigenvalue weighted by molar-refractivity contribution is 6.34. The van der Waals surface area contributed by atoms with Crippen LogP contribution >= 0.6 is 34.8 Å². The van der Waals surface area contributed by atoms with Crippen LogP contribution in [0.4, 0.5) is 0 Å². The fourth-order valence-electron chi connectivity index (χ4n) is 1.83. The molecule has 0 aliphatic heterocycles. The molecule has 2 aromatic rings. The van der Waals surface area contributed by atoms with Crippen LogP contribution in [0, 0.1) is 0 Å². The first-order valence-corrected chi connectivity index (χ1v) is 6.48. The van der Waals surface area contributed by atoms with Gasteiger partial charge < -0.3 is 5.32 Å². The number of aromatic nitrogens is 1. The lowest BCUT2D eigenvalue weighted by atomic mass is 10.00. The maximum absolute atomic E-state index is 6.21. The Bertz CT molecular complexity index is 558. The number of hydrogen-bond donors (Lipinski definition) is 1. The van der Waals surface area contributed by atoms with Crippen LogP contribution in [-0.2, 0) is 0 Å². The van der Waals surface area contributed by atoms with Gasteiger partial charge in [0.15, 0.2) is 0 Å². The molecule has 1 aromatic heterocycles. The first-order chi connectivity index (χ1) is 8.63. The van der Waals surface area contributed by atoms with Gasteiger partial charge in [-0.3, -0.25) is 4.98 Å². The number of pyridine rings is 1. The SMILES string of the molecule is CNC(c1ccncc1Cl)c1cc(Cl)ccc1Cl. The Kier molecular flexibility index (Phi) is 4.46. The number of hydrogen-bond acceptors (Lipinski definition) is 2. The van der Waals surface area contributed by atoms with Gasteiger partial charge >= 0.3 is 0 Å². The molecule has 0 amide bonds.